The fourth-order valence-corrected chi connectivity index (χ4v) is 3.81. The van der Waals surface area contributed by atoms with Gasteiger partial charge in [-0.25, -0.2) is 0 Å². The smallest absolute Gasteiger partial charge is 0.0136 e. The van der Waals surface area contributed by atoms with Crippen LogP contribution >= 0.6 is 0 Å². The monoisotopic (exact) mass is 606 g/mol. The fourth-order valence-electron chi connectivity index (χ4n) is 3.81. The Balaban J connectivity index is -0.000000244. The number of allylic oxidation sites excluding steroid dienone is 5. The number of benzene rings is 2. The number of rotatable bonds is 9. The standard InChI is InChI=1S/C16H20.C9H20.C8H10.2C4H10.C2H5N/c1-6-7-8-13(4)16-11-15(12(2)3)10-9-14(16)5;1-5-9(6-2,7-3)8-4;1-7-5-3-4-6-8(7)2;2*1-3-4-2;1-2-3/h6-11H,2H2,1,3-5H3;5-8H2,1-4H3;3-6H,1-2H3;2*3-4H2,1-2H3;2H,1,3H2/b7-6-,13-8+;;;;;. The van der Waals surface area contributed by atoms with E-state index in [2.05, 4.69) is 157 Å². The Labute approximate surface area is 277 Å². The van der Waals surface area contributed by atoms with Crippen molar-refractivity contribution >= 4 is 11.1 Å². The predicted octanol–water partition coefficient (Wildman–Crippen LogP) is 14.6. The van der Waals surface area contributed by atoms with Crippen LogP contribution in [0.15, 0.2) is 80.1 Å². The lowest BCUT2D eigenvalue weighted by molar-refractivity contribution is 0.240. The topological polar surface area (TPSA) is 26.0 Å². The van der Waals surface area contributed by atoms with Crippen molar-refractivity contribution in [2.24, 2.45) is 11.1 Å². The van der Waals surface area contributed by atoms with E-state index in [1.807, 2.05) is 19.9 Å². The Bertz CT molecular complexity index is 955. The van der Waals surface area contributed by atoms with Crippen molar-refractivity contribution < 1.29 is 0 Å². The number of hydrogen-bond donors (Lipinski definition) is 1. The average Bonchev–Trinajstić information content (AvgIpc) is 3.04. The molecule has 2 N–H and O–H groups in total. The lowest BCUT2D eigenvalue weighted by Gasteiger charge is -2.28. The summed E-state index contributed by atoms with van der Waals surface area (Å²) in [6.07, 6.45) is 18.2. The average molecular weight is 606 g/mol. The summed E-state index contributed by atoms with van der Waals surface area (Å²) in [6.45, 7) is 37.7. The third kappa shape index (κ3) is 25.7. The summed E-state index contributed by atoms with van der Waals surface area (Å²) in [5, 5.41) is 0. The number of unbranched alkanes of at least 4 members (excludes halogenated alkanes) is 2. The van der Waals surface area contributed by atoms with Crippen LogP contribution in [0.1, 0.15) is 155 Å². The molecule has 0 radical (unpaired) electrons. The van der Waals surface area contributed by atoms with Gasteiger partial charge in [-0.05, 0) is 92.6 Å². The summed E-state index contributed by atoms with van der Waals surface area (Å²) < 4.78 is 0. The molecule has 0 amide bonds. The van der Waals surface area contributed by atoms with Crippen molar-refractivity contribution in [3.8, 4) is 0 Å². The maximum Gasteiger partial charge on any atom is -0.0136 e. The maximum absolute atomic E-state index is 4.61. The van der Waals surface area contributed by atoms with Gasteiger partial charge in [-0.1, -0.05) is 180 Å². The zero-order chi connectivity index (χ0) is 35.0. The zero-order valence-electron chi connectivity index (χ0n) is 32.0. The second kappa shape index (κ2) is 33.1. The highest BCUT2D eigenvalue weighted by Crippen LogP contribution is 2.33. The van der Waals surface area contributed by atoms with Crippen molar-refractivity contribution in [2.75, 3.05) is 0 Å². The van der Waals surface area contributed by atoms with E-state index in [4.69, 9.17) is 0 Å². The largest absolute Gasteiger partial charge is 0.405 e. The van der Waals surface area contributed by atoms with Gasteiger partial charge in [-0.3, -0.25) is 0 Å². The molecule has 1 heteroatoms. The van der Waals surface area contributed by atoms with Crippen LogP contribution in [0.4, 0.5) is 0 Å². The van der Waals surface area contributed by atoms with Gasteiger partial charge in [0.25, 0.3) is 0 Å². The van der Waals surface area contributed by atoms with Crippen LogP contribution in [0, 0.1) is 26.2 Å². The SMILES string of the molecule is C=C(C)c1ccc(C)c(/C(C)=C/C=C\C)c1.C=CN.CCC(CC)(CC)CC.CCCC.CCCC.Cc1ccccc1C. The molecule has 252 valence electrons. The zero-order valence-corrected chi connectivity index (χ0v) is 32.0. The molecule has 2 aromatic carbocycles. The summed E-state index contributed by atoms with van der Waals surface area (Å²) in [5.41, 5.74) is 14.2. The minimum absolute atomic E-state index is 0.667. The molecule has 0 saturated heterocycles. The van der Waals surface area contributed by atoms with Gasteiger partial charge in [-0.2, -0.15) is 0 Å². The fraction of sp³-hybridized carbons (Fsp3) is 0.535. The second-order valence-electron chi connectivity index (χ2n) is 11.4. The molecule has 0 fully saturated rings. The first-order valence-electron chi connectivity index (χ1n) is 17.3. The van der Waals surface area contributed by atoms with Gasteiger partial charge in [0.2, 0.25) is 0 Å². The van der Waals surface area contributed by atoms with E-state index in [1.54, 1.807) is 0 Å². The molecule has 0 aliphatic rings. The number of hydrogen-bond acceptors (Lipinski definition) is 1. The summed E-state index contributed by atoms with van der Waals surface area (Å²) in [7, 11) is 0. The third-order valence-electron chi connectivity index (χ3n) is 8.12. The van der Waals surface area contributed by atoms with Crippen molar-refractivity contribution in [3.63, 3.8) is 0 Å². The summed E-state index contributed by atoms with van der Waals surface area (Å²) in [4.78, 5) is 0. The molecular formula is C43H75N. The van der Waals surface area contributed by atoms with Crippen LogP contribution in [0.2, 0.25) is 0 Å². The molecule has 0 aliphatic carbocycles. The number of nitrogens with two attached hydrogens (primary N) is 1. The second-order valence-corrected chi connectivity index (χ2v) is 11.4. The van der Waals surface area contributed by atoms with Crippen molar-refractivity contribution in [1.29, 1.82) is 0 Å². The van der Waals surface area contributed by atoms with Gasteiger partial charge in [0.15, 0.2) is 0 Å². The van der Waals surface area contributed by atoms with Gasteiger partial charge < -0.3 is 5.73 Å². The first-order chi connectivity index (χ1) is 20.8. The summed E-state index contributed by atoms with van der Waals surface area (Å²) in [5.74, 6) is 0. The lowest BCUT2D eigenvalue weighted by Crippen LogP contribution is -2.15. The first-order valence-corrected chi connectivity index (χ1v) is 17.3. The Morgan fingerprint density at radius 3 is 1.34 bits per heavy atom. The highest BCUT2D eigenvalue weighted by atomic mass is 14.5. The molecule has 2 rings (SSSR count). The molecular weight excluding hydrogens is 530 g/mol. The Kier molecular flexibility index (Phi) is 36.2. The van der Waals surface area contributed by atoms with Crippen LogP contribution in [-0.4, -0.2) is 0 Å². The van der Waals surface area contributed by atoms with E-state index in [-0.39, 0.29) is 0 Å². The molecule has 44 heavy (non-hydrogen) atoms. The predicted molar refractivity (Wildman–Crippen MR) is 209 cm³/mol. The lowest BCUT2D eigenvalue weighted by atomic mass is 9.78. The molecule has 0 bridgehead atoms. The van der Waals surface area contributed by atoms with Crippen LogP contribution in [0.5, 0.6) is 0 Å². The van der Waals surface area contributed by atoms with E-state index in [0.717, 1.165) is 5.57 Å². The summed E-state index contributed by atoms with van der Waals surface area (Å²) in [6, 6.07) is 14.9. The molecule has 0 aromatic heterocycles. The van der Waals surface area contributed by atoms with Gasteiger partial charge in [-0.15, -0.1) is 0 Å². The highest BCUT2D eigenvalue weighted by Gasteiger charge is 2.20. The van der Waals surface area contributed by atoms with E-state index < -0.39 is 0 Å². The Morgan fingerprint density at radius 2 is 1.09 bits per heavy atom. The molecule has 0 heterocycles. The Hall–Kier alpha value is -2.80. The number of aryl methyl sites for hydroxylation is 3. The molecule has 0 saturated carbocycles. The Morgan fingerprint density at radius 1 is 0.705 bits per heavy atom. The maximum atomic E-state index is 4.61. The van der Waals surface area contributed by atoms with Crippen LogP contribution < -0.4 is 5.73 Å². The van der Waals surface area contributed by atoms with E-state index in [9.17, 15) is 0 Å². The quantitative estimate of drug-likeness (QED) is 0.283. The molecule has 0 atom stereocenters. The van der Waals surface area contributed by atoms with Crippen LogP contribution in [-0.2, 0) is 0 Å². The van der Waals surface area contributed by atoms with Crippen LogP contribution in [0.25, 0.3) is 11.1 Å². The van der Waals surface area contributed by atoms with E-state index in [0.29, 0.717) is 5.41 Å². The van der Waals surface area contributed by atoms with Crippen LogP contribution in [0.3, 0.4) is 0 Å². The van der Waals surface area contributed by atoms with Gasteiger partial charge in [0.1, 0.15) is 0 Å². The van der Waals surface area contributed by atoms with Crippen molar-refractivity contribution in [2.45, 2.75) is 148 Å². The minimum atomic E-state index is 0.667. The van der Waals surface area contributed by atoms with E-state index in [1.165, 1.54) is 91.0 Å². The molecule has 2 aromatic rings. The highest BCUT2D eigenvalue weighted by molar-refractivity contribution is 5.72. The normalized spacial score (nSPS) is 10.2. The van der Waals surface area contributed by atoms with Crippen molar-refractivity contribution in [3.05, 3.63) is 108 Å². The third-order valence-corrected chi connectivity index (χ3v) is 8.12. The van der Waals surface area contributed by atoms with Gasteiger partial charge in [0, 0.05) is 0 Å². The van der Waals surface area contributed by atoms with Crippen molar-refractivity contribution in [1.82, 2.24) is 0 Å². The minimum Gasteiger partial charge on any atom is -0.405 e. The molecule has 1 nitrogen and oxygen atoms in total. The molecule has 0 unspecified atom stereocenters. The molecule has 0 aliphatic heterocycles. The molecule has 0 spiro atoms. The van der Waals surface area contributed by atoms with E-state index >= 15 is 0 Å². The van der Waals surface area contributed by atoms with Gasteiger partial charge >= 0.3 is 0 Å². The summed E-state index contributed by atoms with van der Waals surface area (Å²) >= 11 is 0. The van der Waals surface area contributed by atoms with Gasteiger partial charge in [0.05, 0.1) is 0 Å². The first kappa shape index (κ1) is 48.1.